The lowest BCUT2D eigenvalue weighted by Gasteiger charge is -1.98. The van der Waals surface area contributed by atoms with Crippen molar-refractivity contribution in [1.29, 1.82) is 0 Å². The standard InChI is InChI=1S/C7H10N4O2/c1-9-6(12)4-11-3-5(2-10-11)7(8)13/h2-3H,4H2,1H3,(H2,8,13)(H,9,12). The van der Waals surface area contributed by atoms with Crippen molar-refractivity contribution in [2.24, 2.45) is 5.73 Å². The number of nitrogens with two attached hydrogens (primary N) is 1. The smallest absolute Gasteiger partial charge is 0.251 e. The van der Waals surface area contributed by atoms with Crippen LogP contribution in [0.25, 0.3) is 0 Å². The molecule has 6 heteroatoms. The number of aromatic nitrogens is 2. The van der Waals surface area contributed by atoms with Crippen LogP contribution < -0.4 is 11.1 Å². The first-order chi connectivity index (χ1) is 6.13. The van der Waals surface area contributed by atoms with Crippen LogP contribution in [0.5, 0.6) is 0 Å². The first-order valence-corrected chi connectivity index (χ1v) is 3.66. The Morgan fingerprint density at radius 1 is 1.69 bits per heavy atom. The van der Waals surface area contributed by atoms with Crippen molar-refractivity contribution < 1.29 is 9.59 Å². The lowest BCUT2D eigenvalue weighted by atomic mass is 10.3. The van der Waals surface area contributed by atoms with Crippen LogP contribution in [-0.2, 0) is 11.3 Å². The van der Waals surface area contributed by atoms with Gasteiger partial charge in [-0.1, -0.05) is 0 Å². The van der Waals surface area contributed by atoms with Gasteiger partial charge in [-0.15, -0.1) is 0 Å². The van der Waals surface area contributed by atoms with Gasteiger partial charge in [0.25, 0.3) is 5.91 Å². The van der Waals surface area contributed by atoms with Gasteiger partial charge in [0.15, 0.2) is 0 Å². The normalized spacial score (nSPS) is 9.62. The Hall–Kier alpha value is -1.85. The van der Waals surface area contributed by atoms with Crippen molar-refractivity contribution in [3.05, 3.63) is 18.0 Å². The van der Waals surface area contributed by atoms with E-state index in [1.807, 2.05) is 0 Å². The molecular formula is C7H10N4O2. The first-order valence-electron chi connectivity index (χ1n) is 3.66. The summed E-state index contributed by atoms with van der Waals surface area (Å²) in [6.07, 6.45) is 2.75. The Morgan fingerprint density at radius 3 is 2.85 bits per heavy atom. The summed E-state index contributed by atoms with van der Waals surface area (Å²) >= 11 is 0. The maximum absolute atomic E-state index is 10.9. The van der Waals surface area contributed by atoms with Crippen LogP contribution in [0, 0.1) is 0 Å². The molecule has 0 aliphatic heterocycles. The van der Waals surface area contributed by atoms with E-state index in [1.54, 1.807) is 0 Å². The third-order valence-electron chi connectivity index (χ3n) is 1.50. The second-order valence-corrected chi connectivity index (χ2v) is 2.46. The molecule has 70 valence electrons. The van der Waals surface area contributed by atoms with Crippen LogP contribution in [-0.4, -0.2) is 28.6 Å². The monoisotopic (exact) mass is 182 g/mol. The van der Waals surface area contributed by atoms with Gasteiger partial charge in [-0.25, -0.2) is 0 Å². The molecule has 0 radical (unpaired) electrons. The number of likely N-dealkylation sites (N-methyl/N-ethyl adjacent to an activating group) is 1. The van der Waals surface area contributed by atoms with Gasteiger partial charge < -0.3 is 11.1 Å². The molecular weight excluding hydrogens is 172 g/mol. The number of nitrogens with zero attached hydrogens (tertiary/aromatic N) is 2. The molecule has 0 atom stereocenters. The average Bonchev–Trinajstić information content (AvgIpc) is 2.52. The highest BCUT2D eigenvalue weighted by atomic mass is 16.2. The molecule has 0 saturated heterocycles. The lowest BCUT2D eigenvalue weighted by Crippen LogP contribution is -2.23. The van der Waals surface area contributed by atoms with E-state index in [1.165, 1.54) is 24.1 Å². The maximum Gasteiger partial charge on any atom is 0.251 e. The summed E-state index contributed by atoms with van der Waals surface area (Å²) in [4.78, 5) is 21.5. The second kappa shape index (κ2) is 3.70. The van der Waals surface area contributed by atoms with Gasteiger partial charge in [-0.3, -0.25) is 14.3 Å². The summed E-state index contributed by atoms with van der Waals surface area (Å²) in [6.45, 7) is 0.0871. The number of carbonyl (C=O) groups excluding carboxylic acids is 2. The zero-order valence-electron chi connectivity index (χ0n) is 7.15. The van der Waals surface area contributed by atoms with Crippen molar-refractivity contribution in [3.8, 4) is 0 Å². The third-order valence-corrected chi connectivity index (χ3v) is 1.50. The lowest BCUT2D eigenvalue weighted by molar-refractivity contribution is -0.121. The molecule has 0 fully saturated rings. The molecule has 0 aliphatic carbocycles. The summed E-state index contributed by atoms with van der Waals surface area (Å²) in [5.41, 5.74) is 5.29. The van der Waals surface area contributed by atoms with Crippen LogP contribution in [0.4, 0.5) is 0 Å². The molecule has 1 rings (SSSR count). The number of nitrogens with one attached hydrogen (secondary N) is 1. The number of primary amides is 1. The van der Waals surface area contributed by atoms with E-state index in [9.17, 15) is 9.59 Å². The maximum atomic E-state index is 10.9. The Bertz CT molecular complexity index is 331. The Labute approximate surface area is 74.7 Å². The fourth-order valence-corrected chi connectivity index (χ4v) is 0.803. The first kappa shape index (κ1) is 9.24. The molecule has 0 unspecified atom stereocenters. The minimum absolute atomic E-state index is 0.0871. The van der Waals surface area contributed by atoms with Crippen LogP contribution in [0.2, 0.25) is 0 Å². The molecule has 13 heavy (non-hydrogen) atoms. The number of carbonyl (C=O) groups is 2. The minimum atomic E-state index is -0.553. The largest absolute Gasteiger partial charge is 0.366 e. The third kappa shape index (κ3) is 2.29. The minimum Gasteiger partial charge on any atom is -0.366 e. The van der Waals surface area contributed by atoms with Gasteiger partial charge in [-0.2, -0.15) is 5.10 Å². The highest BCUT2D eigenvalue weighted by molar-refractivity contribution is 5.92. The topological polar surface area (TPSA) is 90.0 Å². The molecule has 1 aromatic heterocycles. The molecule has 0 saturated carbocycles. The molecule has 0 spiro atoms. The highest BCUT2D eigenvalue weighted by Gasteiger charge is 2.05. The average molecular weight is 182 g/mol. The fraction of sp³-hybridized carbons (Fsp3) is 0.286. The number of hydrogen-bond donors (Lipinski definition) is 2. The van der Waals surface area contributed by atoms with Gasteiger partial charge in [-0.05, 0) is 0 Å². The van der Waals surface area contributed by atoms with Crippen molar-refractivity contribution in [1.82, 2.24) is 15.1 Å². The zero-order chi connectivity index (χ0) is 9.84. The molecule has 3 N–H and O–H groups in total. The molecule has 1 aromatic rings. The van der Waals surface area contributed by atoms with E-state index in [0.717, 1.165) is 0 Å². The van der Waals surface area contributed by atoms with E-state index in [0.29, 0.717) is 5.56 Å². The van der Waals surface area contributed by atoms with Crippen molar-refractivity contribution in [2.75, 3.05) is 7.05 Å². The van der Waals surface area contributed by atoms with Crippen LogP contribution in [0.1, 0.15) is 10.4 Å². The van der Waals surface area contributed by atoms with Crippen molar-refractivity contribution in [2.45, 2.75) is 6.54 Å². The quantitative estimate of drug-likeness (QED) is 0.610. The van der Waals surface area contributed by atoms with E-state index in [2.05, 4.69) is 10.4 Å². The molecule has 0 aromatic carbocycles. The number of rotatable bonds is 3. The molecule has 2 amide bonds. The van der Waals surface area contributed by atoms with E-state index in [-0.39, 0.29) is 12.5 Å². The Kier molecular flexibility index (Phi) is 2.63. The molecule has 0 aliphatic rings. The summed E-state index contributed by atoms with van der Waals surface area (Å²) in [5, 5.41) is 6.22. The van der Waals surface area contributed by atoms with Crippen molar-refractivity contribution in [3.63, 3.8) is 0 Å². The van der Waals surface area contributed by atoms with E-state index >= 15 is 0 Å². The Morgan fingerprint density at radius 2 is 2.38 bits per heavy atom. The predicted octanol–water partition coefficient (Wildman–Crippen LogP) is -1.27. The number of amides is 2. The summed E-state index contributed by atoms with van der Waals surface area (Å²) in [7, 11) is 1.53. The summed E-state index contributed by atoms with van der Waals surface area (Å²) in [6, 6.07) is 0. The molecule has 1 heterocycles. The summed E-state index contributed by atoms with van der Waals surface area (Å²) < 4.78 is 1.35. The SMILES string of the molecule is CNC(=O)Cn1cc(C(N)=O)cn1. The Balaban J connectivity index is 2.69. The van der Waals surface area contributed by atoms with E-state index < -0.39 is 5.91 Å². The van der Waals surface area contributed by atoms with Crippen LogP contribution in [0.15, 0.2) is 12.4 Å². The summed E-state index contributed by atoms with van der Waals surface area (Å²) in [5.74, 6) is -0.734. The number of hydrogen-bond acceptors (Lipinski definition) is 3. The van der Waals surface area contributed by atoms with Crippen LogP contribution in [0.3, 0.4) is 0 Å². The fourth-order valence-electron chi connectivity index (χ4n) is 0.803. The molecule has 0 bridgehead atoms. The van der Waals surface area contributed by atoms with Gasteiger partial charge in [0.2, 0.25) is 5.91 Å². The molecule has 6 nitrogen and oxygen atoms in total. The highest BCUT2D eigenvalue weighted by Crippen LogP contribution is 1.95. The van der Waals surface area contributed by atoms with Crippen molar-refractivity contribution >= 4 is 11.8 Å². The zero-order valence-corrected chi connectivity index (χ0v) is 7.15. The van der Waals surface area contributed by atoms with E-state index in [4.69, 9.17) is 5.73 Å². The van der Waals surface area contributed by atoms with Gasteiger partial charge in [0.05, 0.1) is 11.8 Å². The van der Waals surface area contributed by atoms with Gasteiger partial charge >= 0.3 is 0 Å². The van der Waals surface area contributed by atoms with Gasteiger partial charge in [0, 0.05) is 13.2 Å². The second-order valence-electron chi connectivity index (χ2n) is 2.46. The predicted molar refractivity (Wildman–Crippen MR) is 44.8 cm³/mol. The van der Waals surface area contributed by atoms with Crippen LogP contribution >= 0.6 is 0 Å². The van der Waals surface area contributed by atoms with Gasteiger partial charge in [0.1, 0.15) is 6.54 Å².